The van der Waals surface area contributed by atoms with Gasteiger partial charge in [0.15, 0.2) is 0 Å². The number of rotatable bonds is 2. The Kier molecular flexibility index (Phi) is 5.28. The Balaban J connectivity index is 0.916. The zero-order valence-electron chi connectivity index (χ0n) is 31.3. The molecule has 12 fully saturated rings. The molecule has 286 valence electrons. The molecular formula is C46H48N4O4Pt. The summed E-state index contributed by atoms with van der Waals surface area (Å²) in [6, 6.07) is 16.3. The molecule has 4 unspecified atom stereocenters. The SMILES string of the molecule is c1c2cc(C34CC5CC(CC(C5)C3)C4)cc1C1COC3=C4OCC5c6cc(cc(C78CC9CC(CC(C9)C7)C8)c6)C6COC7=C8OCC2N8[C](=[Pt]=[C](N31)N45)N76. The molecule has 0 amide bonds. The Morgan fingerprint density at radius 3 is 0.945 bits per heavy atom. The molecule has 16 aliphatic rings. The van der Waals surface area contributed by atoms with E-state index < -0.39 is 17.6 Å². The summed E-state index contributed by atoms with van der Waals surface area (Å²) in [5.41, 5.74) is 9.54. The first-order valence-electron chi connectivity index (χ1n) is 21.8. The molecule has 0 N–H and O–H groups in total. The fraction of sp³-hybridized carbons (Fsp3) is 0.609. The first-order chi connectivity index (χ1) is 27.0. The summed E-state index contributed by atoms with van der Waals surface area (Å²) >= 11 is -0.712. The Morgan fingerprint density at radius 2 is 0.673 bits per heavy atom. The van der Waals surface area contributed by atoms with Crippen LogP contribution in [-0.4, -0.2) is 54.3 Å². The van der Waals surface area contributed by atoms with Crippen LogP contribution in [0, 0.1) is 35.5 Å². The molecule has 18 rings (SSSR count). The third-order valence-electron chi connectivity index (χ3n) is 17.7. The van der Waals surface area contributed by atoms with Gasteiger partial charge < -0.3 is 0 Å². The fourth-order valence-corrected chi connectivity index (χ4v) is 20.2. The Bertz CT molecular complexity index is 2010. The topological polar surface area (TPSA) is 49.9 Å². The molecule has 8 aliphatic heterocycles. The van der Waals surface area contributed by atoms with E-state index in [9.17, 15) is 0 Å². The van der Waals surface area contributed by atoms with Crippen LogP contribution in [0.1, 0.15) is 135 Å². The van der Waals surface area contributed by atoms with Gasteiger partial charge in [0, 0.05) is 0 Å². The van der Waals surface area contributed by atoms with Gasteiger partial charge in [0.2, 0.25) is 0 Å². The summed E-state index contributed by atoms with van der Waals surface area (Å²) in [6.07, 6.45) is 17.0. The molecule has 55 heavy (non-hydrogen) atoms. The Labute approximate surface area is 330 Å². The van der Waals surface area contributed by atoms with Crippen LogP contribution in [-0.2, 0) is 47.4 Å². The quantitative estimate of drug-likeness (QED) is 0.310. The molecule has 2 aromatic carbocycles. The third-order valence-corrected chi connectivity index (χ3v) is 20.9. The van der Waals surface area contributed by atoms with Crippen molar-refractivity contribution in [2.24, 2.45) is 35.5 Å². The predicted molar refractivity (Wildman–Crippen MR) is 199 cm³/mol. The van der Waals surface area contributed by atoms with Crippen molar-refractivity contribution in [3.8, 4) is 0 Å². The normalized spacial score (nSPS) is 44.7. The van der Waals surface area contributed by atoms with Crippen LogP contribution in [0.5, 0.6) is 0 Å². The summed E-state index contributed by atoms with van der Waals surface area (Å²) in [7, 11) is 0. The Hall–Kier alpha value is -3.25. The monoisotopic (exact) mass is 915 g/mol. The molecule has 8 saturated carbocycles. The molecule has 0 radical (unpaired) electrons. The molecule has 14 bridgehead atoms. The van der Waals surface area contributed by atoms with Gasteiger partial charge >= 0.3 is 332 Å². The van der Waals surface area contributed by atoms with Crippen molar-refractivity contribution in [3.05, 3.63) is 93.3 Å². The molecule has 4 saturated heterocycles. The predicted octanol–water partition coefficient (Wildman–Crippen LogP) is 7.38. The van der Waals surface area contributed by atoms with Gasteiger partial charge in [-0.3, -0.25) is 0 Å². The average Bonchev–Trinajstić information content (AvgIpc) is 4.01. The molecule has 0 spiro atoms. The molecule has 4 atom stereocenters. The average molecular weight is 916 g/mol. The van der Waals surface area contributed by atoms with Crippen LogP contribution in [0.15, 0.2) is 59.9 Å². The van der Waals surface area contributed by atoms with Gasteiger partial charge in [-0.1, -0.05) is 0 Å². The molecule has 2 aromatic rings. The molecule has 8 heterocycles. The van der Waals surface area contributed by atoms with Gasteiger partial charge in [-0.15, -0.1) is 0 Å². The van der Waals surface area contributed by atoms with Crippen LogP contribution in [0.4, 0.5) is 0 Å². The van der Waals surface area contributed by atoms with E-state index in [0.717, 1.165) is 59.0 Å². The fourth-order valence-electron chi connectivity index (χ4n) is 16.3. The van der Waals surface area contributed by atoms with E-state index in [1.165, 1.54) is 108 Å². The van der Waals surface area contributed by atoms with Gasteiger partial charge in [-0.2, -0.15) is 0 Å². The molecule has 0 aromatic heterocycles. The van der Waals surface area contributed by atoms with Crippen molar-refractivity contribution in [3.63, 3.8) is 0 Å². The summed E-state index contributed by atoms with van der Waals surface area (Å²) in [5.74, 6) is 9.27. The molecule has 8 nitrogen and oxygen atoms in total. The zero-order valence-corrected chi connectivity index (χ0v) is 33.6. The standard InChI is InChI=1S/C46H48N4O4.Pt/c1-25-2-27-3-26(1)14-45(13-25,15-27)35-9-31-7-32(10-35)38-20-52-42-44-50(24-48(38)42)40(22-54-44)34-8-33(39-21-53-43-41-47(23-49(39)43)37(31)19-51-41)11-36(12-34)46-16-28-4-29(17-46)6-30(5-28)18-46;/h7-12,25-30,37-40H,1-6,13-22H2;. The van der Waals surface area contributed by atoms with Gasteiger partial charge in [-0.25, -0.2) is 0 Å². The minimum absolute atomic E-state index is 0.144. The van der Waals surface area contributed by atoms with Crippen molar-refractivity contribution < 1.29 is 36.6 Å². The second-order valence-corrected chi connectivity index (χ2v) is 23.3. The van der Waals surface area contributed by atoms with E-state index in [4.69, 9.17) is 18.9 Å². The second-order valence-electron chi connectivity index (χ2n) is 20.7. The molecule has 9 heteroatoms. The minimum atomic E-state index is -0.712. The van der Waals surface area contributed by atoms with Gasteiger partial charge in [-0.05, 0) is 0 Å². The van der Waals surface area contributed by atoms with E-state index in [1.807, 2.05) is 0 Å². The van der Waals surface area contributed by atoms with Crippen LogP contribution in [0.2, 0.25) is 0 Å². The number of fused-ring (bicyclic) bond motifs is 8. The summed E-state index contributed by atoms with van der Waals surface area (Å²) in [6.45, 7) is 2.70. The van der Waals surface area contributed by atoms with E-state index in [-0.39, 0.29) is 24.2 Å². The first-order valence-corrected chi connectivity index (χ1v) is 24.1. The summed E-state index contributed by atoms with van der Waals surface area (Å²) in [4.78, 5) is 10.5. The number of ether oxygens (including phenoxy) is 4. The van der Waals surface area contributed by atoms with Crippen LogP contribution >= 0.6 is 0 Å². The van der Waals surface area contributed by atoms with E-state index in [1.54, 1.807) is 11.1 Å². The van der Waals surface area contributed by atoms with Crippen LogP contribution in [0.3, 0.4) is 0 Å². The van der Waals surface area contributed by atoms with E-state index >= 15 is 0 Å². The summed E-state index contributed by atoms with van der Waals surface area (Å²) < 4.78 is 30.3. The van der Waals surface area contributed by atoms with Gasteiger partial charge in [0.05, 0.1) is 0 Å². The van der Waals surface area contributed by atoms with Crippen molar-refractivity contribution in [1.29, 1.82) is 0 Å². The maximum absolute atomic E-state index is 6.86. The summed E-state index contributed by atoms with van der Waals surface area (Å²) in [5, 5.41) is 0. The van der Waals surface area contributed by atoms with Gasteiger partial charge in [0.25, 0.3) is 0 Å². The number of hydrogen-bond donors (Lipinski definition) is 0. The van der Waals surface area contributed by atoms with Crippen molar-refractivity contribution in [2.75, 3.05) is 26.4 Å². The van der Waals surface area contributed by atoms with Crippen LogP contribution < -0.4 is 0 Å². The van der Waals surface area contributed by atoms with Crippen molar-refractivity contribution >= 4 is 8.29 Å². The number of nitrogens with zero attached hydrogens (tertiary/aromatic N) is 4. The van der Waals surface area contributed by atoms with Crippen molar-refractivity contribution in [2.45, 2.75) is 112 Å². The first kappa shape index (κ1) is 29.9. The third kappa shape index (κ3) is 3.61. The molecule has 8 aliphatic carbocycles. The zero-order chi connectivity index (χ0) is 35.1. The van der Waals surface area contributed by atoms with Crippen LogP contribution in [0.25, 0.3) is 0 Å². The maximum atomic E-state index is 6.86. The van der Waals surface area contributed by atoms with Gasteiger partial charge in [0.1, 0.15) is 0 Å². The second kappa shape index (κ2) is 9.71. The van der Waals surface area contributed by atoms with E-state index in [0.29, 0.717) is 37.3 Å². The Morgan fingerprint density at radius 1 is 0.400 bits per heavy atom. The molecular weight excluding hydrogens is 868 g/mol. The number of hydrogen-bond acceptors (Lipinski definition) is 8. The number of benzene rings is 2. The van der Waals surface area contributed by atoms with Crippen molar-refractivity contribution in [1.82, 2.24) is 19.6 Å². The van der Waals surface area contributed by atoms with E-state index in [2.05, 4.69) is 56.0 Å².